The van der Waals surface area contributed by atoms with Gasteiger partial charge >= 0.3 is 0 Å². The Bertz CT molecular complexity index is 428. The van der Waals surface area contributed by atoms with Crippen molar-refractivity contribution in [2.75, 3.05) is 0 Å². The van der Waals surface area contributed by atoms with Crippen LogP contribution in [0, 0.1) is 0 Å². The van der Waals surface area contributed by atoms with Gasteiger partial charge < -0.3 is 12.6 Å². The second-order valence-electron chi connectivity index (χ2n) is 2.51. The maximum Gasteiger partial charge on any atom is 0.193 e. The van der Waals surface area contributed by atoms with Gasteiger partial charge in [-0.3, -0.25) is 0 Å². The largest absolute Gasteiger partial charge is 0.754 e. The normalized spacial score (nSPS) is 10.4. The molecule has 0 fully saturated rings. The van der Waals surface area contributed by atoms with Crippen molar-refractivity contribution in [2.24, 2.45) is 7.05 Å². The number of aromatic nitrogens is 3. The van der Waals surface area contributed by atoms with E-state index in [9.17, 15) is 0 Å². The molecule has 2 aromatic rings. The third-order valence-electron chi connectivity index (χ3n) is 1.62. The lowest BCUT2D eigenvalue weighted by atomic mass is 10.2. The minimum Gasteiger partial charge on any atom is -0.754 e. The van der Waals surface area contributed by atoms with Crippen LogP contribution in [0.2, 0.25) is 0 Å². The summed E-state index contributed by atoms with van der Waals surface area (Å²) >= 11 is 5.07. The summed E-state index contributed by atoms with van der Waals surface area (Å²) in [5, 5.41) is 9.73. The SMILES string of the molecule is C[n+]1nc([S-])c2ccccc2n1. The molecule has 0 radical (unpaired) electrons. The van der Waals surface area contributed by atoms with Crippen molar-refractivity contribution in [3.05, 3.63) is 24.3 Å². The molecule has 1 aromatic heterocycles. The molecule has 0 spiro atoms. The van der Waals surface area contributed by atoms with Crippen LogP contribution >= 0.6 is 0 Å². The molecule has 0 aliphatic heterocycles. The van der Waals surface area contributed by atoms with Crippen LogP contribution < -0.4 is 4.80 Å². The van der Waals surface area contributed by atoms with Crippen LogP contribution in [-0.4, -0.2) is 10.2 Å². The van der Waals surface area contributed by atoms with Gasteiger partial charge in [0, 0.05) is 15.3 Å². The van der Waals surface area contributed by atoms with Gasteiger partial charge in [0.2, 0.25) is 0 Å². The lowest BCUT2D eigenvalue weighted by Gasteiger charge is -2.02. The molecule has 1 heterocycles. The van der Waals surface area contributed by atoms with Gasteiger partial charge in [0.1, 0.15) is 5.52 Å². The van der Waals surface area contributed by atoms with Crippen molar-refractivity contribution < 1.29 is 4.80 Å². The quantitative estimate of drug-likeness (QED) is 0.430. The highest BCUT2D eigenvalue weighted by atomic mass is 32.1. The number of fused-ring (bicyclic) bond motifs is 1. The van der Waals surface area contributed by atoms with Gasteiger partial charge in [-0.15, -0.1) is 0 Å². The number of hydrogen-bond donors (Lipinski definition) is 0. The van der Waals surface area contributed by atoms with E-state index >= 15 is 0 Å². The Balaban J connectivity index is 2.89. The fraction of sp³-hybridized carbons (Fsp3) is 0.125. The summed E-state index contributed by atoms with van der Waals surface area (Å²) in [5.74, 6) is 0. The monoisotopic (exact) mass is 177 g/mol. The Labute approximate surface area is 75.4 Å². The van der Waals surface area contributed by atoms with Gasteiger partial charge in [0.25, 0.3) is 0 Å². The fourth-order valence-electron chi connectivity index (χ4n) is 1.11. The van der Waals surface area contributed by atoms with Crippen LogP contribution in [0.15, 0.2) is 29.3 Å². The Morgan fingerprint density at radius 2 is 2.00 bits per heavy atom. The predicted octanol–water partition coefficient (Wildman–Crippen LogP) is 0.360. The summed E-state index contributed by atoms with van der Waals surface area (Å²) in [4.78, 5) is 1.49. The van der Waals surface area contributed by atoms with E-state index in [1.807, 2.05) is 24.3 Å². The molecule has 0 aliphatic rings. The number of hydrogen-bond acceptors (Lipinski definition) is 3. The van der Waals surface area contributed by atoms with Crippen molar-refractivity contribution in [3.8, 4) is 0 Å². The molecule has 4 heteroatoms. The summed E-state index contributed by atoms with van der Waals surface area (Å²) in [6.45, 7) is 0. The molecule has 12 heavy (non-hydrogen) atoms. The van der Waals surface area contributed by atoms with Crippen molar-refractivity contribution in [1.82, 2.24) is 10.2 Å². The maximum atomic E-state index is 5.07. The van der Waals surface area contributed by atoms with Crippen LogP contribution in [0.4, 0.5) is 0 Å². The lowest BCUT2D eigenvalue weighted by molar-refractivity contribution is -0.787. The summed E-state index contributed by atoms with van der Waals surface area (Å²) in [5.41, 5.74) is 0.889. The van der Waals surface area contributed by atoms with Crippen molar-refractivity contribution in [1.29, 1.82) is 0 Å². The van der Waals surface area contributed by atoms with Gasteiger partial charge in [-0.1, -0.05) is 18.2 Å². The average molecular weight is 177 g/mol. The first-order chi connectivity index (χ1) is 5.77. The van der Waals surface area contributed by atoms with Gasteiger partial charge in [-0.05, 0) is 16.2 Å². The third kappa shape index (κ3) is 1.10. The highest BCUT2D eigenvalue weighted by Crippen LogP contribution is 2.10. The van der Waals surface area contributed by atoms with Crippen LogP contribution in [0.3, 0.4) is 0 Å². The van der Waals surface area contributed by atoms with E-state index in [1.165, 1.54) is 4.80 Å². The molecule has 60 valence electrons. The van der Waals surface area contributed by atoms with E-state index in [4.69, 9.17) is 12.6 Å². The van der Waals surface area contributed by atoms with Crippen molar-refractivity contribution >= 4 is 23.5 Å². The van der Waals surface area contributed by atoms with E-state index in [2.05, 4.69) is 10.2 Å². The standard InChI is InChI=1S/C8H7N3S/c1-11-9-7-5-3-2-4-6(7)8(12)10-11/h2-5H,1H3. The molecular formula is C8H7N3S. The predicted molar refractivity (Wildman–Crippen MR) is 46.3 cm³/mol. The van der Waals surface area contributed by atoms with Crippen molar-refractivity contribution in [3.63, 3.8) is 0 Å². The van der Waals surface area contributed by atoms with Gasteiger partial charge in [-0.25, -0.2) is 0 Å². The third-order valence-corrected chi connectivity index (χ3v) is 1.92. The van der Waals surface area contributed by atoms with Crippen LogP contribution in [-0.2, 0) is 19.7 Å². The van der Waals surface area contributed by atoms with E-state index in [0.717, 1.165) is 10.9 Å². The average Bonchev–Trinajstić information content (AvgIpc) is 2.04. The van der Waals surface area contributed by atoms with Crippen LogP contribution in [0.5, 0.6) is 0 Å². The first kappa shape index (κ1) is 7.36. The molecule has 0 N–H and O–H groups in total. The highest BCUT2D eigenvalue weighted by molar-refractivity contribution is 7.59. The molecule has 0 saturated heterocycles. The summed E-state index contributed by atoms with van der Waals surface area (Å²) in [6, 6.07) is 7.72. The molecule has 3 nitrogen and oxygen atoms in total. The Morgan fingerprint density at radius 3 is 2.83 bits per heavy atom. The topological polar surface area (TPSA) is 29.7 Å². The number of aryl methyl sites for hydroxylation is 1. The fourth-order valence-corrected chi connectivity index (χ4v) is 1.40. The van der Waals surface area contributed by atoms with Crippen LogP contribution in [0.25, 0.3) is 10.9 Å². The molecule has 0 unspecified atom stereocenters. The smallest absolute Gasteiger partial charge is 0.193 e. The van der Waals surface area contributed by atoms with Gasteiger partial charge in [-0.2, -0.15) is 0 Å². The Hall–Kier alpha value is -1.29. The van der Waals surface area contributed by atoms with E-state index < -0.39 is 0 Å². The van der Waals surface area contributed by atoms with E-state index in [-0.39, 0.29) is 0 Å². The number of nitrogens with zero attached hydrogens (tertiary/aromatic N) is 3. The molecular weight excluding hydrogens is 170 g/mol. The van der Waals surface area contributed by atoms with E-state index in [1.54, 1.807) is 7.05 Å². The highest BCUT2D eigenvalue weighted by Gasteiger charge is 2.00. The molecule has 0 bridgehead atoms. The Kier molecular flexibility index (Phi) is 1.62. The molecule has 0 amide bonds. The second kappa shape index (κ2) is 2.64. The Morgan fingerprint density at radius 1 is 1.25 bits per heavy atom. The molecule has 0 atom stereocenters. The zero-order valence-corrected chi connectivity index (χ0v) is 7.38. The van der Waals surface area contributed by atoms with Crippen LogP contribution in [0.1, 0.15) is 0 Å². The molecule has 0 aliphatic carbocycles. The minimum atomic E-state index is 0.600. The zero-order valence-electron chi connectivity index (χ0n) is 6.56. The van der Waals surface area contributed by atoms with Gasteiger partial charge in [0.05, 0.1) is 0 Å². The summed E-state index contributed by atoms with van der Waals surface area (Å²) in [7, 11) is 1.77. The zero-order chi connectivity index (χ0) is 8.55. The number of rotatable bonds is 0. The molecule has 1 aromatic carbocycles. The second-order valence-corrected chi connectivity index (χ2v) is 2.90. The molecule has 2 rings (SSSR count). The first-order valence-electron chi connectivity index (χ1n) is 3.58. The van der Waals surface area contributed by atoms with Gasteiger partial charge in [0.15, 0.2) is 7.05 Å². The molecule has 0 saturated carbocycles. The summed E-state index contributed by atoms with van der Waals surface area (Å²) < 4.78 is 0. The summed E-state index contributed by atoms with van der Waals surface area (Å²) in [6.07, 6.45) is 0. The van der Waals surface area contributed by atoms with Crippen molar-refractivity contribution in [2.45, 2.75) is 5.03 Å². The lowest BCUT2D eigenvalue weighted by Crippen LogP contribution is -2.37. The number of benzene rings is 1. The van der Waals surface area contributed by atoms with E-state index in [0.29, 0.717) is 5.03 Å². The maximum absolute atomic E-state index is 5.07. The minimum absolute atomic E-state index is 0.600. The first-order valence-corrected chi connectivity index (χ1v) is 3.98.